The van der Waals surface area contributed by atoms with E-state index in [1.54, 1.807) is 12.2 Å². The first-order valence-electron chi connectivity index (χ1n) is 8.72. The molecule has 1 rings (SSSR count). The van der Waals surface area contributed by atoms with E-state index in [9.17, 15) is 14.7 Å². The molecule has 0 aromatic heterocycles. The Balaban J connectivity index is 3.12. The fourth-order valence-electron chi connectivity index (χ4n) is 2.71. The predicted octanol–water partition coefficient (Wildman–Crippen LogP) is 4.26. The Kier molecular flexibility index (Phi) is 6.64. The molecular formula is C21H30O5. The topological polar surface area (TPSA) is 94.8 Å². The molecule has 5 nitrogen and oxygen atoms in total. The van der Waals surface area contributed by atoms with Crippen LogP contribution in [0.4, 0.5) is 0 Å². The highest BCUT2D eigenvalue weighted by molar-refractivity contribution is 5.92. The molecule has 0 radical (unpaired) electrons. The first-order valence-corrected chi connectivity index (χ1v) is 8.72. The monoisotopic (exact) mass is 362 g/mol. The summed E-state index contributed by atoms with van der Waals surface area (Å²) >= 11 is 0. The lowest BCUT2D eigenvalue weighted by atomic mass is 9.78. The summed E-state index contributed by atoms with van der Waals surface area (Å²) in [6, 6.07) is 3.92. The van der Waals surface area contributed by atoms with E-state index in [-0.39, 0.29) is 17.3 Å². The van der Waals surface area contributed by atoms with E-state index in [0.717, 1.165) is 16.7 Å². The quantitative estimate of drug-likeness (QED) is 0.519. The minimum absolute atomic E-state index is 0.0546. The second kappa shape index (κ2) is 7.94. The molecule has 1 aromatic rings. The van der Waals surface area contributed by atoms with Gasteiger partial charge in [-0.25, -0.2) is 0 Å². The summed E-state index contributed by atoms with van der Waals surface area (Å²) in [6.07, 6.45) is 3.86. The number of carboxylic acid groups (broad SMARTS) is 2. The molecule has 3 N–H and O–H groups in total. The van der Waals surface area contributed by atoms with E-state index in [0.29, 0.717) is 12.2 Å². The molecule has 0 amide bonds. The van der Waals surface area contributed by atoms with Gasteiger partial charge in [0.15, 0.2) is 5.92 Å². The van der Waals surface area contributed by atoms with Crippen LogP contribution in [0.5, 0.6) is 5.75 Å². The maximum absolute atomic E-state index is 10.9. The number of carbonyl (C=O) groups is 2. The number of phenols is 1. The highest BCUT2D eigenvalue weighted by Gasteiger charge is 2.26. The van der Waals surface area contributed by atoms with Crippen LogP contribution in [-0.2, 0) is 26.8 Å². The molecule has 0 saturated heterocycles. The van der Waals surface area contributed by atoms with Crippen LogP contribution in [0.15, 0.2) is 24.3 Å². The first-order chi connectivity index (χ1) is 11.7. The van der Waals surface area contributed by atoms with Gasteiger partial charge in [0.1, 0.15) is 5.75 Å². The Morgan fingerprint density at radius 1 is 0.923 bits per heavy atom. The lowest BCUT2D eigenvalue weighted by molar-refractivity contribution is -0.154. The lowest BCUT2D eigenvalue weighted by Gasteiger charge is -2.28. The van der Waals surface area contributed by atoms with E-state index >= 15 is 0 Å². The van der Waals surface area contributed by atoms with Crippen LogP contribution in [0.2, 0.25) is 0 Å². The van der Waals surface area contributed by atoms with Crippen molar-refractivity contribution in [3.05, 3.63) is 41.0 Å². The van der Waals surface area contributed by atoms with Gasteiger partial charge >= 0.3 is 11.9 Å². The molecule has 0 spiro atoms. The molecule has 0 aliphatic rings. The molecule has 26 heavy (non-hydrogen) atoms. The summed E-state index contributed by atoms with van der Waals surface area (Å²) in [6.45, 7) is 12.2. The summed E-state index contributed by atoms with van der Waals surface area (Å²) in [5.74, 6) is -3.79. The summed E-state index contributed by atoms with van der Waals surface area (Å²) in [5, 5.41) is 28.5. The summed E-state index contributed by atoms with van der Waals surface area (Å²) in [4.78, 5) is 21.8. The van der Waals surface area contributed by atoms with Gasteiger partial charge in [-0.1, -0.05) is 65.8 Å². The van der Waals surface area contributed by atoms with Crippen LogP contribution >= 0.6 is 0 Å². The SMILES string of the molecule is CC(C)(C)c1cc(CC=CCC(C(=O)O)C(=O)O)cc(C(C)(C)C)c1O. The van der Waals surface area contributed by atoms with Crippen molar-refractivity contribution in [3.8, 4) is 5.75 Å². The van der Waals surface area contributed by atoms with Crippen LogP contribution in [0, 0.1) is 5.92 Å². The van der Waals surface area contributed by atoms with E-state index < -0.39 is 17.9 Å². The third-order valence-electron chi connectivity index (χ3n) is 4.27. The molecule has 0 atom stereocenters. The van der Waals surface area contributed by atoms with Gasteiger partial charge in [0.2, 0.25) is 0 Å². The summed E-state index contributed by atoms with van der Waals surface area (Å²) in [7, 11) is 0. The number of allylic oxidation sites excluding steroid dienone is 2. The number of benzene rings is 1. The highest BCUT2D eigenvalue weighted by atomic mass is 16.4. The van der Waals surface area contributed by atoms with Crippen molar-refractivity contribution in [2.45, 2.75) is 65.2 Å². The lowest BCUT2D eigenvalue weighted by Crippen LogP contribution is -2.22. The molecule has 5 heteroatoms. The third kappa shape index (κ3) is 5.61. The zero-order valence-corrected chi connectivity index (χ0v) is 16.5. The van der Waals surface area contributed by atoms with Crippen molar-refractivity contribution in [1.82, 2.24) is 0 Å². The minimum Gasteiger partial charge on any atom is -0.507 e. The van der Waals surface area contributed by atoms with Gasteiger partial charge in [-0.2, -0.15) is 0 Å². The number of aliphatic carboxylic acids is 2. The molecule has 0 fully saturated rings. The molecular weight excluding hydrogens is 332 g/mol. The largest absolute Gasteiger partial charge is 0.507 e. The Morgan fingerprint density at radius 2 is 1.35 bits per heavy atom. The zero-order chi connectivity index (χ0) is 20.3. The Morgan fingerprint density at radius 3 is 1.69 bits per heavy atom. The number of carboxylic acids is 2. The van der Waals surface area contributed by atoms with Crippen LogP contribution in [0.25, 0.3) is 0 Å². The smallest absolute Gasteiger partial charge is 0.318 e. The molecule has 1 aromatic carbocycles. The maximum atomic E-state index is 10.9. The summed E-state index contributed by atoms with van der Waals surface area (Å²) in [5.41, 5.74) is 2.28. The van der Waals surface area contributed by atoms with Crippen molar-refractivity contribution < 1.29 is 24.9 Å². The Labute approximate surface area is 155 Å². The van der Waals surface area contributed by atoms with Crippen LogP contribution in [0.3, 0.4) is 0 Å². The molecule has 0 aliphatic heterocycles. The van der Waals surface area contributed by atoms with Crippen molar-refractivity contribution in [2.24, 2.45) is 5.92 Å². The summed E-state index contributed by atoms with van der Waals surface area (Å²) < 4.78 is 0. The standard InChI is InChI=1S/C21H30O5/c1-20(2,3)15-11-13(12-16(17(15)22)21(4,5)6)9-7-8-10-14(18(23)24)19(25)26/h7-8,11-12,14,22H,9-10H2,1-6H3,(H,23,24)(H,25,26). The average molecular weight is 362 g/mol. The van der Waals surface area contributed by atoms with Gasteiger partial charge in [0, 0.05) is 0 Å². The van der Waals surface area contributed by atoms with Crippen molar-refractivity contribution in [2.75, 3.05) is 0 Å². The van der Waals surface area contributed by atoms with Gasteiger partial charge in [-0.05, 0) is 40.4 Å². The van der Waals surface area contributed by atoms with Crippen molar-refractivity contribution >= 4 is 11.9 Å². The van der Waals surface area contributed by atoms with Crippen LogP contribution < -0.4 is 0 Å². The van der Waals surface area contributed by atoms with Gasteiger partial charge in [0.05, 0.1) is 0 Å². The van der Waals surface area contributed by atoms with E-state index in [1.807, 2.05) is 53.7 Å². The minimum atomic E-state index is -1.43. The molecule has 144 valence electrons. The second-order valence-corrected chi connectivity index (χ2v) is 8.68. The van der Waals surface area contributed by atoms with E-state index in [2.05, 4.69) is 0 Å². The van der Waals surface area contributed by atoms with Crippen molar-refractivity contribution in [3.63, 3.8) is 0 Å². The number of hydrogen-bond donors (Lipinski definition) is 3. The molecule has 0 unspecified atom stereocenters. The van der Waals surface area contributed by atoms with Gasteiger partial charge in [0.25, 0.3) is 0 Å². The molecule has 0 heterocycles. The molecule has 0 bridgehead atoms. The number of phenolic OH excluding ortho intramolecular Hbond substituents is 1. The molecule has 0 aliphatic carbocycles. The Bertz CT molecular complexity index is 653. The zero-order valence-electron chi connectivity index (χ0n) is 16.5. The van der Waals surface area contributed by atoms with Gasteiger partial charge in [-0.3, -0.25) is 9.59 Å². The fourth-order valence-corrected chi connectivity index (χ4v) is 2.71. The first kappa shape index (κ1) is 21.7. The third-order valence-corrected chi connectivity index (χ3v) is 4.27. The number of hydrogen-bond acceptors (Lipinski definition) is 3. The highest BCUT2D eigenvalue weighted by Crippen LogP contribution is 2.39. The average Bonchev–Trinajstić information content (AvgIpc) is 2.44. The molecule has 0 saturated carbocycles. The maximum Gasteiger partial charge on any atom is 0.318 e. The Hall–Kier alpha value is -2.30. The van der Waals surface area contributed by atoms with Crippen molar-refractivity contribution in [1.29, 1.82) is 0 Å². The van der Waals surface area contributed by atoms with Crippen LogP contribution in [-0.4, -0.2) is 27.3 Å². The van der Waals surface area contributed by atoms with E-state index in [4.69, 9.17) is 10.2 Å². The number of aromatic hydroxyl groups is 1. The van der Waals surface area contributed by atoms with Gasteiger partial charge in [-0.15, -0.1) is 0 Å². The normalized spacial score (nSPS) is 12.7. The number of rotatable bonds is 6. The fraction of sp³-hybridized carbons (Fsp3) is 0.524. The predicted molar refractivity (Wildman–Crippen MR) is 102 cm³/mol. The second-order valence-electron chi connectivity index (χ2n) is 8.68. The van der Waals surface area contributed by atoms with E-state index in [1.165, 1.54) is 0 Å². The van der Waals surface area contributed by atoms with Gasteiger partial charge < -0.3 is 15.3 Å². The van der Waals surface area contributed by atoms with Crippen LogP contribution in [0.1, 0.15) is 64.7 Å².